The Morgan fingerprint density at radius 1 is 1.15 bits per heavy atom. The summed E-state index contributed by atoms with van der Waals surface area (Å²) in [4.78, 5) is 23.7. The number of rotatable bonds is 5. The number of phenols is 1. The van der Waals surface area contributed by atoms with E-state index in [1.54, 1.807) is 50.2 Å². The van der Waals surface area contributed by atoms with Crippen molar-refractivity contribution in [1.29, 1.82) is 0 Å². The van der Waals surface area contributed by atoms with Gasteiger partial charge in [-0.05, 0) is 52.3 Å². The molecule has 2 aromatic rings. The fraction of sp³-hybridized carbons (Fsp3) is 0.167. The van der Waals surface area contributed by atoms with Gasteiger partial charge in [-0.1, -0.05) is 29.8 Å². The van der Waals surface area contributed by atoms with E-state index in [4.69, 9.17) is 0 Å². The number of nitrogens with one attached hydrogen (secondary N) is 2. The number of anilines is 1. The largest absolute Gasteiger partial charge is 0.506 e. The van der Waals surface area contributed by atoms with Gasteiger partial charge in [0.1, 0.15) is 5.75 Å². The molecule has 0 saturated heterocycles. The Morgan fingerprint density at radius 3 is 2.42 bits per heavy atom. The Bertz CT molecular complexity index is 850. The van der Waals surface area contributed by atoms with E-state index in [-0.39, 0.29) is 17.6 Å². The van der Waals surface area contributed by atoms with Crippen molar-refractivity contribution in [2.45, 2.75) is 13.8 Å². The Balaban J connectivity index is 2.01. The van der Waals surface area contributed by atoms with Crippen molar-refractivity contribution < 1.29 is 14.7 Å². The fourth-order valence-corrected chi connectivity index (χ4v) is 3.16. The monoisotopic (exact) mass is 481 g/mol. The molecular formula is C18H17Br2N3O3. The first-order valence-electron chi connectivity index (χ1n) is 7.70. The number of halogens is 2. The Kier molecular flexibility index (Phi) is 6.93. The second-order valence-electron chi connectivity index (χ2n) is 5.75. The summed E-state index contributed by atoms with van der Waals surface area (Å²) in [6.45, 7) is 3.60. The van der Waals surface area contributed by atoms with Gasteiger partial charge in [0.25, 0.3) is 5.91 Å². The molecule has 0 heterocycles. The van der Waals surface area contributed by atoms with E-state index in [9.17, 15) is 14.7 Å². The van der Waals surface area contributed by atoms with Crippen molar-refractivity contribution in [2.24, 2.45) is 11.0 Å². The highest BCUT2D eigenvalue weighted by Gasteiger charge is 2.09. The first-order chi connectivity index (χ1) is 12.3. The molecule has 136 valence electrons. The SMILES string of the molecule is CC(C)C(=O)Nc1ccc(C(=O)N/N=C\c2cc(Br)cc(Br)c2O)cc1. The summed E-state index contributed by atoms with van der Waals surface area (Å²) in [5.41, 5.74) is 3.85. The molecule has 0 bridgehead atoms. The minimum Gasteiger partial charge on any atom is -0.506 e. The van der Waals surface area contributed by atoms with Crippen molar-refractivity contribution in [1.82, 2.24) is 5.43 Å². The lowest BCUT2D eigenvalue weighted by Gasteiger charge is -2.08. The van der Waals surface area contributed by atoms with Crippen molar-refractivity contribution >= 4 is 55.6 Å². The molecule has 3 N–H and O–H groups in total. The van der Waals surface area contributed by atoms with Crippen LogP contribution in [0.4, 0.5) is 5.69 Å². The second kappa shape index (κ2) is 8.95. The zero-order valence-electron chi connectivity index (χ0n) is 14.1. The van der Waals surface area contributed by atoms with Crippen LogP contribution in [0.5, 0.6) is 5.75 Å². The highest BCUT2D eigenvalue weighted by atomic mass is 79.9. The normalized spacial score (nSPS) is 11.0. The van der Waals surface area contributed by atoms with E-state index >= 15 is 0 Å². The molecule has 8 heteroatoms. The number of phenolic OH excluding ortho intramolecular Hbond substituents is 1. The number of hydrogen-bond donors (Lipinski definition) is 3. The average Bonchev–Trinajstić information content (AvgIpc) is 2.59. The Morgan fingerprint density at radius 2 is 1.81 bits per heavy atom. The molecule has 0 aliphatic rings. The summed E-state index contributed by atoms with van der Waals surface area (Å²) in [7, 11) is 0. The average molecular weight is 483 g/mol. The highest BCUT2D eigenvalue weighted by Crippen LogP contribution is 2.30. The fourth-order valence-electron chi connectivity index (χ4n) is 1.90. The molecule has 26 heavy (non-hydrogen) atoms. The number of aromatic hydroxyl groups is 1. The second-order valence-corrected chi connectivity index (χ2v) is 7.52. The summed E-state index contributed by atoms with van der Waals surface area (Å²) >= 11 is 6.55. The summed E-state index contributed by atoms with van der Waals surface area (Å²) in [6, 6.07) is 9.85. The van der Waals surface area contributed by atoms with Gasteiger partial charge in [0.15, 0.2) is 0 Å². The van der Waals surface area contributed by atoms with Gasteiger partial charge in [0.05, 0.1) is 10.7 Å². The van der Waals surface area contributed by atoms with Crippen LogP contribution in [0.2, 0.25) is 0 Å². The standard InChI is InChI=1S/C18H17Br2N3O3/c1-10(2)17(25)22-14-5-3-11(4-6-14)18(26)23-21-9-12-7-13(19)8-15(20)16(12)24/h3-10,24H,1-2H3,(H,22,25)(H,23,26)/b21-9-. The first kappa shape index (κ1) is 20.1. The van der Waals surface area contributed by atoms with Crippen molar-refractivity contribution in [3.8, 4) is 5.75 Å². The summed E-state index contributed by atoms with van der Waals surface area (Å²) in [5, 5.41) is 16.6. The predicted octanol–water partition coefficient (Wildman–Crippen LogP) is 4.28. The smallest absolute Gasteiger partial charge is 0.271 e. The van der Waals surface area contributed by atoms with Gasteiger partial charge in [-0.25, -0.2) is 5.43 Å². The molecule has 0 radical (unpaired) electrons. The molecule has 0 unspecified atom stereocenters. The van der Waals surface area contributed by atoms with E-state index in [0.29, 0.717) is 21.3 Å². The summed E-state index contributed by atoms with van der Waals surface area (Å²) in [5.74, 6) is -0.596. The van der Waals surface area contributed by atoms with E-state index in [0.717, 1.165) is 4.47 Å². The van der Waals surface area contributed by atoms with Gasteiger partial charge < -0.3 is 10.4 Å². The lowest BCUT2D eigenvalue weighted by atomic mass is 10.1. The van der Waals surface area contributed by atoms with Crippen molar-refractivity contribution in [3.05, 3.63) is 56.5 Å². The minimum atomic E-state index is -0.406. The first-order valence-corrected chi connectivity index (χ1v) is 9.29. The quantitative estimate of drug-likeness (QED) is 0.438. The number of amides is 2. The van der Waals surface area contributed by atoms with Crippen LogP contribution in [0.1, 0.15) is 29.8 Å². The van der Waals surface area contributed by atoms with Gasteiger partial charge in [-0.2, -0.15) is 5.10 Å². The van der Waals surface area contributed by atoms with Crippen LogP contribution in [0, 0.1) is 5.92 Å². The lowest BCUT2D eigenvalue weighted by molar-refractivity contribution is -0.118. The molecular weight excluding hydrogens is 466 g/mol. The maximum absolute atomic E-state index is 12.1. The molecule has 0 aliphatic carbocycles. The van der Waals surface area contributed by atoms with Crippen LogP contribution in [0.25, 0.3) is 0 Å². The van der Waals surface area contributed by atoms with Crippen molar-refractivity contribution in [3.63, 3.8) is 0 Å². The van der Waals surface area contributed by atoms with Crippen LogP contribution in [0.3, 0.4) is 0 Å². The molecule has 6 nitrogen and oxygen atoms in total. The minimum absolute atomic E-state index is 0.0245. The number of hydrazone groups is 1. The molecule has 0 fully saturated rings. The molecule has 2 amide bonds. The summed E-state index contributed by atoms with van der Waals surface area (Å²) in [6.07, 6.45) is 1.35. The maximum atomic E-state index is 12.1. The van der Waals surface area contributed by atoms with E-state index < -0.39 is 5.91 Å². The third-order valence-electron chi connectivity index (χ3n) is 3.37. The van der Waals surface area contributed by atoms with Gasteiger partial charge in [-0.3, -0.25) is 9.59 Å². The molecule has 0 spiro atoms. The number of nitrogens with zero attached hydrogens (tertiary/aromatic N) is 1. The molecule has 0 saturated carbocycles. The van der Waals surface area contributed by atoms with Crippen LogP contribution in [-0.4, -0.2) is 23.1 Å². The van der Waals surface area contributed by atoms with Crippen LogP contribution in [0.15, 0.2) is 50.4 Å². The molecule has 0 aromatic heterocycles. The number of hydrogen-bond acceptors (Lipinski definition) is 4. The molecule has 0 aliphatic heterocycles. The van der Waals surface area contributed by atoms with Gasteiger partial charge >= 0.3 is 0 Å². The summed E-state index contributed by atoms with van der Waals surface area (Å²) < 4.78 is 1.27. The Hall–Kier alpha value is -2.19. The lowest BCUT2D eigenvalue weighted by Crippen LogP contribution is -2.19. The molecule has 0 atom stereocenters. The van der Waals surface area contributed by atoms with Crippen molar-refractivity contribution in [2.75, 3.05) is 5.32 Å². The third kappa shape index (κ3) is 5.40. The Labute approximate surface area is 167 Å². The number of carbonyl (C=O) groups is 2. The van der Waals surface area contributed by atoms with Gasteiger partial charge in [0.2, 0.25) is 5.91 Å². The van der Waals surface area contributed by atoms with E-state index in [1.165, 1.54) is 6.21 Å². The third-order valence-corrected chi connectivity index (χ3v) is 4.43. The highest BCUT2D eigenvalue weighted by molar-refractivity contribution is 9.11. The predicted molar refractivity (Wildman–Crippen MR) is 108 cm³/mol. The van der Waals surface area contributed by atoms with Gasteiger partial charge in [0, 0.05) is 27.2 Å². The zero-order valence-corrected chi connectivity index (χ0v) is 17.3. The molecule has 2 rings (SSSR count). The van der Waals surface area contributed by atoms with Crippen LogP contribution in [-0.2, 0) is 4.79 Å². The van der Waals surface area contributed by atoms with Crippen LogP contribution >= 0.6 is 31.9 Å². The molecule has 2 aromatic carbocycles. The number of carbonyl (C=O) groups excluding carboxylic acids is 2. The van der Waals surface area contributed by atoms with E-state index in [2.05, 4.69) is 47.7 Å². The maximum Gasteiger partial charge on any atom is 0.271 e. The topological polar surface area (TPSA) is 90.8 Å². The van der Waals surface area contributed by atoms with Gasteiger partial charge in [-0.15, -0.1) is 0 Å². The number of benzene rings is 2. The van der Waals surface area contributed by atoms with E-state index in [1.807, 2.05) is 0 Å². The zero-order chi connectivity index (χ0) is 19.3. The van der Waals surface area contributed by atoms with Crippen LogP contribution < -0.4 is 10.7 Å².